The number of hydrogen-bond donors (Lipinski definition) is 0. The minimum atomic E-state index is 0.822. The largest absolute Gasteiger partial charge is 0.259 e. The van der Waals surface area contributed by atoms with E-state index in [1.165, 1.54) is 0 Å². The molecule has 72 valence electrons. The lowest BCUT2D eigenvalue weighted by Gasteiger charge is -1.87. The maximum atomic E-state index is 4.00. The van der Waals surface area contributed by atoms with Crippen LogP contribution in [-0.4, -0.2) is 5.71 Å². The van der Waals surface area contributed by atoms with E-state index in [1.807, 2.05) is 41.5 Å². The van der Waals surface area contributed by atoms with Gasteiger partial charge in [-0.3, -0.25) is 4.99 Å². The van der Waals surface area contributed by atoms with Crippen LogP contribution in [0.15, 0.2) is 29.9 Å². The molecule has 0 amide bonds. The van der Waals surface area contributed by atoms with Crippen molar-refractivity contribution in [1.82, 2.24) is 0 Å². The molecule has 0 saturated heterocycles. The van der Waals surface area contributed by atoms with E-state index in [1.54, 1.807) is 6.08 Å². The summed E-state index contributed by atoms with van der Waals surface area (Å²) in [6, 6.07) is 0. The Hall–Kier alpha value is -0.850. The van der Waals surface area contributed by atoms with Gasteiger partial charge in [0.05, 0.1) is 0 Å². The average molecular weight is 169 g/mol. The summed E-state index contributed by atoms with van der Waals surface area (Å²) < 4.78 is 0. The van der Waals surface area contributed by atoms with Crippen LogP contribution in [0.2, 0.25) is 0 Å². The lowest BCUT2D eigenvalue weighted by atomic mass is 10.4. The van der Waals surface area contributed by atoms with Crippen LogP contribution in [-0.2, 0) is 0 Å². The van der Waals surface area contributed by atoms with Gasteiger partial charge in [0.2, 0.25) is 0 Å². The lowest BCUT2D eigenvalue weighted by Crippen LogP contribution is -1.81. The number of aliphatic imine (C=N–C) groups is 1. The van der Waals surface area contributed by atoms with Crippen molar-refractivity contribution in [3.63, 3.8) is 0 Å². The van der Waals surface area contributed by atoms with E-state index in [-0.39, 0.29) is 0 Å². The van der Waals surface area contributed by atoms with Crippen LogP contribution >= 0.6 is 0 Å². The maximum Gasteiger partial charge on any atom is 0.0369 e. The number of allylic oxidation sites excluding steroid dienone is 2. The minimum absolute atomic E-state index is 0.822. The van der Waals surface area contributed by atoms with Crippen LogP contribution in [0.1, 0.15) is 41.5 Å². The molecule has 0 radical (unpaired) electrons. The second-order valence-corrected chi connectivity index (χ2v) is 1.69. The van der Waals surface area contributed by atoms with Crippen LogP contribution in [0.4, 0.5) is 0 Å². The van der Waals surface area contributed by atoms with E-state index in [2.05, 4.69) is 18.2 Å². The molecule has 12 heavy (non-hydrogen) atoms. The Kier molecular flexibility index (Phi) is 24.0. The van der Waals surface area contributed by atoms with Crippen LogP contribution in [0, 0.1) is 0 Å². The van der Waals surface area contributed by atoms with Gasteiger partial charge in [0, 0.05) is 11.4 Å². The topological polar surface area (TPSA) is 12.4 Å². The Bertz CT molecular complexity index is 132. The van der Waals surface area contributed by atoms with Crippen LogP contribution < -0.4 is 0 Å². The van der Waals surface area contributed by atoms with Crippen molar-refractivity contribution < 1.29 is 0 Å². The Labute approximate surface area is 77.9 Å². The summed E-state index contributed by atoms with van der Waals surface area (Å²) in [5.41, 5.74) is 1.74. The van der Waals surface area contributed by atoms with Gasteiger partial charge in [-0.1, -0.05) is 40.9 Å². The first-order valence-corrected chi connectivity index (χ1v) is 4.50. The van der Waals surface area contributed by atoms with Crippen LogP contribution in [0.3, 0.4) is 0 Å². The summed E-state index contributed by atoms with van der Waals surface area (Å²) in [5.74, 6) is 0. The standard InChI is InChI=1S/C7H11N.2C2H6/c1-5-7(4)8-6(2)3;2*1-2/h5H,1-2H2,3-4H3;2*1-2H3. The molecule has 0 heterocycles. The SMILES string of the molecule is C=CC(C)=NC(=C)C.CC.CC. The van der Waals surface area contributed by atoms with Crippen molar-refractivity contribution in [3.8, 4) is 0 Å². The molecule has 0 aliphatic heterocycles. The van der Waals surface area contributed by atoms with Crippen molar-refractivity contribution in [2.75, 3.05) is 0 Å². The second kappa shape index (κ2) is 16.6. The van der Waals surface area contributed by atoms with Gasteiger partial charge >= 0.3 is 0 Å². The van der Waals surface area contributed by atoms with Crippen molar-refractivity contribution in [2.24, 2.45) is 4.99 Å². The molecule has 0 fully saturated rings. The Morgan fingerprint density at radius 1 is 1.08 bits per heavy atom. The quantitative estimate of drug-likeness (QED) is 0.549. The number of hydrogen-bond acceptors (Lipinski definition) is 1. The summed E-state index contributed by atoms with van der Waals surface area (Å²) in [5, 5.41) is 0. The third-order valence-corrected chi connectivity index (χ3v) is 0.663. The Balaban J connectivity index is -0.000000175. The molecule has 0 N–H and O–H groups in total. The molecule has 1 nitrogen and oxygen atoms in total. The monoisotopic (exact) mass is 169 g/mol. The van der Waals surface area contributed by atoms with Gasteiger partial charge in [-0.2, -0.15) is 0 Å². The molecule has 0 rings (SSSR count). The van der Waals surface area contributed by atoms with Gasteiger partial charge in [0.25, 0.3) is 0 Å². The van der Waals surface area contributed by atoms with Crippen molar-refractivity contribution in [3.05, 3.63) is 24.9 Å². The minimum Gasteiger partial charge on any atom is -0.259 e. The Morgan fingerprint density at radius 3 is 1.50 bits per heavy atom. The fraction of sp³-hybridized carbons (Fsp3) is 0.545. The second-order valence-electron chi connectivity index (χ2n) is 1.69. The molecule has 0 saturated carbocycles. The molecule has 0 atom stereocenters. The summed E-state index contributed by atoms with van der Waals surface area (Å²) in [6.07, 6.45) is 1.70. The van der Waals surface area contributed by atoms with Gasteiger partial charge in [0.15, 0.2) is 0 Å². The van der Waals surface area contributed by atoms with E-state index in [0.29, 0.717) is 0 Å². The number of rotatable bonds is 2. The molecule has 0 aliphatic carbocycles. The predicted molar refractivity (Wildman–Crippen MR) is 60.8 cm³/mol. The van der Waals surface area contributed by atoms with E-state index in [9.17, 15) is 0 Å². The summed E-state index contributed by atoms with van der Waals surface area (Å²) in [4.78, 5) is 4.00. The van der Waals surface area contributed by atoms with Crippen molar-refractivity contribution >= 4 is 5.71 Å². The van der Waals surface area contributed by atoms with Crippen LogP contribution in [0.25, 0.3) is 0 Å². The Morgan fingerprint density at radius 2 is 1.42 bits per heavy atom. The molecule has 0 aliphatic rings. The molecule has 0 aromatic carbocycles. The highest BCUT2D eigenvalue weighted by atomic mass is 14.7. The van der Waals surface area contributed by atoms with E-state index in [4.69, 9.17) is 0 Å². The first kappa shape index (κ1) is 17.3. The van der Waals surface area contributed by atoms with Crippen LogP contribution in [0.5, 0.6) is 0 Å². The zero-order chi connectivity index (χ0) is 10.6. The van der Waals surface area contributed by atoms with Gasteiger partial charge in [-0.05, 0) is 19.9 Å². The van der Waals surface area contributed by atoms with Crippen molar-refractivity contribution in [2.45, 2.75) is 41.5 Å². The number of nitrogens with zero attached hydrogens (tertiary/aromatic N) is 1. The van der Waals surface area contributed by atoms with E-state index < -0.39 is 0 Å². The molecule has 0 unspecified atom stereocenters. The highest BCUT2D eigenvalue weighted by molar-refractivity contribution is 5.92. The highest BCUT2D eigenvalue weighted by Gasteiger charge is 1.78. The third kappa shape index (κ3) is 22.9. The summed E-state index contributed by atoms with van der Waals surface area (Å²) >= 11 is 0. The fourth-order valence-corrected chi connectivity index (χ4v) is 0.347. The average Bonchev–Trinajstić information content (AvgIpc) is 2.10. The van der Waals surface area contributed by atoms with Gasteiger partial charge in [-0.25, -0.2) is 0 Å². The molecule has 0 aromatic heterocycles. The smallest absolute Gasteiger partial charge is 0.0369 e. The predicted octanol–water partition coefficient (Wildman–Crippen LogP) is 4.22. The third-order valence-electron chi connectivity index (χ3n) is 0.663. The molecule has 0 spiro atoms. The zero-order valence-corrected chi connectivity index (χ0v) is 9.44. The van der Waals surface area contributed by atoms with Gasteiger partial charge < -0.3 is 0 Å². The van der Waals surface area contributed by atoms with E-state index in [0.717, 1.165) is 11.4 Å². The molecular weight excluding hydrogens is 146 g/mol. The van der Waals surface area contributed by atoms with Gasteiger partial charge in [0.1, 0.15) is 0 Å². The first-order valence-electron chi connectivity index (χ1n) is 4.50. The summed E-state index contributed by atoms with van der Waals surface area (Å²) in [6.45, 7) is 18.9. The van der Waals surface area contributed by atoms with Gasteiger partial charge in [-0.15, -0.1) is 0 Å². The summed E-state index contributed by atoms with van der Waals surface area (Å²) in [7, 11) is 0. The maximum absolute atomic E-state index is 4.00. The normalized spacial score (nSPS) is 8.33. The molecular formula is C11H23N. The van der Waals surface area contributed by atoms with Crippen molar-refractivity contribution in [1.29, 1.82) is 0 Å². The lowest BCUT2D eigenvalue weighted by molar-refractivity contribution is 1.32. The zero-order valence-electron chi connectivity index (χ0n) is 9.44. The molecule has 0 bridgehead atoms. The highest BCUT2D eigenvalue weighted by Crippen LogP contribution is 1.89. The van der Waals surface area contributed by atoms with E-state index >= 15 is 0 Å². The molecule has 1 heteroatoms. The molecule has 0 aromatic rings. The fourth-order valence-electron chi connectivity index (χ4n) is 0.347. The first-order chi connectivity index (χ1) is 5.66.